The number of carbonyl (C=O) groups excluding carboxylic acids is 2. The molecule has 2 rings (SSSR count). The molecule has 25 heavy (non-hydrogen) atoms. The highest BCUT2D eigenvalue weighted by atomic mass is 19.1. The summed E-state index contributed by atoms with van der Waals surface area (Å²) in [6.45, 7) is 5.18. The monoisotopic (exact) mass is 342 g/mol. The number of amides is 2. The number of benzene rings is 2. The van der Waals surface area contributed by atoms with Gasteiger partial charge in [0.2, 0.25) is 5.91 Å². The molecule has 0 saturated carbocycles. The summed E-state index contributed by atoms with van der Waals surface area (Å²) in [6.07, 6.45) is 1.21. The molecular formula is C19H19FN2O3. The van der Waals surface area contributed by atoms with E-state index in [-0.39, 0.29) is 17.6 Å². The van der Waals surface area contributed by atoms with Crippen LogP contribution in [0.25, 0.3) is 0 Å². The molecule has 0 unspecified atom stereocenters. The molecule has 0 spiro atoms. The summed E-state index contributed by atoms with van der Waals surface area (Å²) < 4.78 is 18.7. The molecule has 5 nitrogen and oxygen atoms in total. The first kappa shape index (κ1) is 18.2. The van der Waals surface area contributed by atoms with Crippen LogP contribution in [-0.4, -0.2) is 26.0 Å². The Morgan fingerprint density at radius 2 is 1.88 bits per heavy atom. The third-order valence-corrected chi connectivity index (χ3v) is 3.77. The average molecular weight is 342 g/mol. The SMILES string of the molecule is C=CC(=O)N(C)c1ccc(C(=O)Nc2cc(F)c(OC)cc2C)cc1. The van der Waals surface area contributed by atoms with Crippen molar-refractivity contribution in [2.45, 2.75) is 6.92 Å². The summed E-state index contributed by atoms with van der Waals surface area (Å²) >= 11 is 0. The summed E-state index contributed by atoms with van der Waals surface area (Å²) in [5, 5.41) is 2.67. The molecule has 0 aliphatic carbocycles. The molecule has 0 aliphatic rings. The van der Waals surface area contributed by atoms with Crippen LogP contribution in [0, 0.1) is 12.7 Å². The van der Waals surface area contributed by atoms with Crippen molar-refractivity contribution in [3.05, 3.63) is 66.0 Å². The number of nitrogens with one attached hydrogen (secondary N) is 1. The largest absolute Gasteiger partial charge is 0.494 e. The number of ether oxygens (including phenoxy) is 1. The number of anilines is 2. The van der Waals surface area contributed by atoms with Gasteiger partial charge in [0.05, 0.1) is 7.11 Å². The highest BCUT2D eigenvalue weighted by Crippen LogP contribution is 2.26. The number of hydrogen-bond acceptors (Lipinski definition) is 3. The number of aryl methyl sites for hydroxylation is 1. The lowest BCUT2D eigenvalue weighted by Gasteiger charge is -2.15. The molecular weight excluding hydrogens is 323 g/mol. The van der Waals surface area contributed by atoms with Gasteiger partial charge in [0.1, 0.15) is 0 Å². The fourth-order valence-corrected chi connectivity index (χ4v) is 2.24. The van der Waals surface area contributed by atoms with Gasteiger partial charge in [0.25, 0.3) is 5.91 Å². The molecule has 2 amide bonds. The predicted molar refractivity (Wildman–Crippen MR) is 95.7 cm³/mol. The molecule has 0 radical (unpaired) electrons. The lowest BCUT2D eigenvalue weighted by molar-refractivity contribution is -0.113. The van der Waals surface area contributed by atoms with Crippen molar-refractivity contribution in [1.82, 2.24) is 0 Å². The van der Waals surface area contributed by atoms with E-state index < -0.39 is 5.82 Å². The second-order valence-corrected chi connectivity index (χ2v) is 5.40. The fourth-order valence-electron chi connectivity index (χ4n) is 2.24. The van der Waals surface area contributed by atoms with Gasteiger partial charge >= 0.3 is 0 Å². The first-order chi connectivity index (χ1) is 11.9. The zero-order chi connectivity index (χ0) is 18.6. The van der Waals surface area contributed by atoms with Crippen LogP contribution >= 0.6 is 0 Å². The molecule has 2 aromatic rings. The second-order valence-electron chi connectivity index (χ2n) is 5.40. The summed E-state index contributed by atoms with van der Waals surface area (Å²) in [7, 11) is 2.99. The van der Waals surface area contributed by atoms with E-state index in [1.807, 2.05) is 0 Å². The Hall–Kier alpha value is -3.15. The Morgan fingerprint density at radius 3 is 2.44 bits per heavy atom. The predicted octanol–water partition coefficient (Wildman–Crippen LogP) is 3.54. The Balaban J connectivity index is 2.18. The number of nitrogens with zero attached hydrogens (tertiary/aromatic N) is 1. The van der Waals surface area contributed by atoms with Crippen molar-refractivity contribution in [2.75, 3.05) is 24.4 Å². The number of halogens is 1. The molecule has 0 heterocycles. The van der Waals surface area contributed by atoms with E-state index in [0.717, 1.165) is 0 Å². The highest BCUT2D eigenvalue weighted by Gasteiger charge is 2.13. The highest BCUT2D eigenvalue weighted by molar-refractivity contribution is 6.05. The van der Waals surface area contributed by atoms with Crippen molar-refractivity contribution < 1.29 is 18.7 Å². The third-order valence-electron chi connectivity index (χ3n) is 3.77. The van der Waals surface area contributed by atoms with Crippen LogP contribution < -0.4 is 15.0 Å². The Morgan fingerprint density at radius 1 is 1.24 bits per heavy atom. The first-order valence-electron chi connectivity index (χ1n) is 7.53. The quantitative estimate of drug-likeness (QED) is 0.846. The molecule has 0 saturated heterocycles. The smallest absolute Gasteiger partial charge is 0.255 e. The molecule has 1 N–H and O–H groups in total. The zero-order valence-corrected chi connectivity index (χ0v) is 14.3. The van der Waals surface area contributed by atoms with Crippen LogP contribution in [0.2, 0.25) is 0 Å². The maximum absolute atomic E-state index is 13.8. The molecule has 0 aromatic heterocycles. The Labute approximate surface area is 145 Å². The minimum atomic E-state index is -0.552. The van der Waals surface area contributed by atoms with Crippen LogP contribution in [0.1, 0.15) is 15.9 Å². The molecule has 0 atom stereocenters. The fraction of sp³-hybridized carbons (Fsp3) is 0.158. The van der Waals surface area contributed by atoms with Gasteiger partial charge < -0.3 is 15.0 Å². The Kier molecular flexibility index (Phi) is 5.54. The van der Waals surface area contributed by atoms with E-state index in [9.17, 15) is 14.0 Å². The average Bonchev–Trinajstić information content (AvgIpc) is 2.63. The number of rotatable bonds is 5. The van der Waals surface area contributed by atoms with Crippen molar-refractivity contribution in [3.8, 4) is 5.75 Å². The lowest BCUT2D eigenvalue weighted by Crippen LogP contribution is -2.23. The van der Waals surface area contributed by atoms with E-state index >= 15 is 0 Å². The van der Waals surface area contributed by atoms with E-state index in [0.29, 0.717) is 22.5 Å². The van der Waals surface area contributed by atoms with Gasteiger partial charge in [-0.1, -0.05) is 6.58 Å². The summed E-state index contributed by atoms with van der Waals surface area (Å²) in [5.41, 5.74) is 2.07. The van der Waals surface area contributed by atoms with E-state index in [2.05, 4.69) is 11.9 Å². The normalized spacial score (nSPS) is 10.1. The van der Waals surface area contributed by atoms with Crippen molar-refractivity contribution in [2.24, 2.45) is 0 Å². The molecule has 130 valence electrons. The number of hydrogen-bond donors (Lipinski definition) is 1. The van der Waals surface area contributed by atoms with Crippen molar-refractivity contribution >= 4 is 23.2 Å². The molecule has 6 heteroatoms. The maximum Gasteiger partial charge on any atom is 0.255 e. The second kappa shape index (κ2) is 7.61. The topological polar surface area (TPSA) is 58.6 Å². The van der Waals surface area contributed by atoms with Crippen molar-refractivity contribution in [3.63, 3.8) is 0 Å². The van der Waals surface area contributed by atoms with Gasteiger partial charge in [0.15, 0.2) is 11.6 Å². The third kappa shape index (κ3) is 4.03. The van der Waals surface area contributed by atoms with Gasteiger partial charge in [-0.3, -0.25) is 9.59 Å². The van der Waals surface area contributed by atoms with Crippen LogP contribution in [0.4, 0.5) is 15.8 Å². The van der Waals surface area contributed by atoms with Gasteiger partial charge in [-0.05, 0) is 48.9 Å². The summed E-state index contributed by atoms with van der Waals surface area (Å²) in [5.74, 6) is -1.06. The maximum atomic E-state index is 13.8. The van der Waals surface area contributed by atoms with Gasteiger partial charge in [-0.25, -0.2) is 4.39 Å². The van der Waals surface area contributed by atoms with Gasteiger partial charge in [-0.2, -0.15) is 0 Å². The van der Waals surface area contributed by atoms with Crippen LogP contribution in [0.3, 0.4) is 0 Å². The summed E-state index contributed by atoms with van der Waals surface area (Å²) in [4.78, 5) is 25.3. The van der Waals surface area contributed by atoms with Gasteiger partial charge in [-0.15, -0.1) is 0 Å². The van der Waals surface area contributed by atoms with E-state index in [1.54, 1.807) is 38.2 Å². The summed E-state index contributed by atoms with van der Waals surface area (Å²) in [6, 6.07) is 9.22. The van der Waals surface area contributed by atoms with Crippen LogP contribution in [0.15, 0.2) is 49.1 Å². The van der Waals surface area contributed by atoms with Crippen LogP contribution in [0.5, 0.6) is 5.75 Å². The van der Waals surface area contributed by atoms with E-state index in [1.165, 1.54) is 30.2 Å². The zero-order valence-electron chi connectivity index (χ0n) is 14.3. The minimum Gasteiger partial charge on any atom is -0.494 e. The minimum absolute atomic E-state index is 0.120. The molecule has 0 aliphatic heterocycles. The molecule has 0 bridgehead atoms. The molecule has 2 aromatic carbocycles. The van der Waals surface area contributed by atoms with E-state index in [4.69, 9.17) is 4.74 Å². The first-order valence-corrected chi connectivity index (χ1v) is 7.53. The van der Waals surface area contributed by atoms with Crippen LogP contribution in [-0.2, 0) is 4.79 Å². The van der Waals surface area contributed by atoms with Crippen molar-refractivity contribution in [1.29, 1.82) is 0 Å². The standard InChI is InChI=1S/C19H19FN2O3/c1-5-18(23)22(3)14-8-6-13(7-9-14)19(24)21-16-11-15(20)17(25-4)10-12(16)2/h5-11H,1H2,2-4H3,(H,21,24). The lowest BCUT2D eigenvalue weighted by atomic mass is 10.1. The molecule has 0 fully saturated rings. The van der Waals surface area contributed by atoms with Gasteiger partial charge in [0, 0.05) is 30.1 Å². The number of methoxy groups -OCH3 is 1. The number of likely N-dealkylation sites (N-methyl/N-ethyl adjacent to an activating group) is 1. The Bertz CT molecular complexity index is 816. The number of carbonyl (C=O) groups is 2.